The Morgan fingerprint density at radius 3 is 2.77 bits per heavy atom. The van der Waals surface area contributed by atoms with Crippen LogP contribution in [0.5, 0.6) is 0 Å². The normalized spacial score (nSPS) is 12.5. The number of aryl methyl sites for hydroxylation is 1. The highest BCUT2D eigenvalue weighted by Crippen LogP contribution is 2.03. The van der Waals surface area contributed by atoms with E-state index in [1.807, 2.05) is 7.05 Å². The van der Waals surface area contributed by atoms with Gasteiger partial charge in [0.25, 0.3) is 5.56 Å². The fourth-order valence-corrected chi connectivity index (χ4v) is 2.22. The molecule has 0 bridgehead atoms. The quantitative estimate of drug-likeness (QED) is 0.824. The minimum atomic E-state index is -0.361. The van der Waals surface area contributed by atoms with Crippen LogP contribution in [0.2, 0.25) is 0 Å². The van der Waals surface area contributed by atoms with E-state index in [0.717, 1.165) is 12.1 Å². The number of H-pyrrole nitrogens is 1. The molecule has 2 heterocycles. The van der Waals surface area contributed by atoms with E-state index in [4.69, 9.17) is 0 Å². The molecule has 2 aromatic rings. The van der Waals surface area contributed by atoms with Crippen LogP contribution in [0.3, 0.4) is 0 Å². The van der Waals surface area contributed by atoms with Gasteiger partial charge in [-0.25, -0.2) is 4.79 Å². The molecule has 0 aliphatic rings. The highest BCUT2D eigenvalue weighted by atomic mass is 16.2. The molecule has 22 heavy (non-hydrogen) atoms. The summed E-state index contributed by atoms with van der Waals surface area (Å²) in [5, 5.41) is 0. The van der Waals surface area contributed by atoms with E-state index in [9.17, 15) is 9.59 Å². The van der Waals surface area contributed by atoms with Crippen molar-refractivity contribution >= 4 is 0 Å². The average Bonchev–Trinajstić information content (AvgIpc) is 2.46. The molecule has 0 amide bonds. The second-order valence-electron chi connectivity index (χ2n) is 5.48. The summed E-state index contributed by atoms with van der Waals surface area (Å²) in [6.07, 6.45) is 5.84. The summed E-state index contributed by atoms with van der Waals surface area (Å²) in [5.41, 5.74) is 0.874. The zero-order chi connectivity index (χ0) is 16.1. The molecule has 0 saturated heterocycles. The zero-order valence-electron chi connectivity index (χ0n) is 13.1. The van der Waals surface area contributed by atoms with E-state index in [2.05, 4.69) is 26.8 Å². The van der Waals surface area contributed by atoms with E-state index in [0.29, 0.717) is 18.8 Å². The molecule has 2 rings (SSSR count). The van der Waals surface area contributed by atoms with Crippen LogP contribution in [-0.4, -0.2) is 44.1 Å². The minimum absolute atomic E-state index is 0.233. The van der Waals surface area contributed by atoms with Crippen LogP contribution in [0, 0.1) is 6.92 Å². The van der Waals surface area contributed by atoms with Gasteiger partial charge in [-0.15, -0.1) is 0 Å². The van der Waals surface area contributed by atoms with Crippen LogP contribution in [0.4, 0.5) is 0 Å². The molecule has 0 fully saturated rings. The second-order valence-corrected chi connectivity index (χ2v) is 5.48. The molecule has 0 unspecified atom stereocenters. The molecule has 2 aromatic heterocycles. The third kappa shape index (κ3) is 4.11. The lowest BCUT2D eigenvalue weighted by atomic mass is 10.1. The molecule has 0 aliphatic heterocycles. The highest BCUT2D eigenvalue weighted by molar-refractivity contribution is 4.98. The highest BCUT2D eigenvalue weighted by Gasteiger charge is 2.12. The van der Waals surface area contributed by atoms with Crippen molar-refractivity contribution in [3.8, 4) is 0 Å². The third-order valence-electron chi connectivity index (χ3n) is 3.71. The van der Waals surface area contributed by atoms with E-state index >= 15 is 0 Å². The third-order valence-corrected chi connectivity index (χ3v) is 3.71. The summed E-state index contributed by atoms with van der Waals surface area (Å²) in [5.74, 6) is 0. The smallest absolute Gasteiger partial charge is 0.311 e. The van der Waals surface area contributed by atoms with Crippen LogP contribution in [0.25, 0.3) is 0 Å². The Morgan fingerprint density at radius 2 is 2.14 bits per heavy atom. The van der Waals surface area contributed by atoms with Gasteiger partial charge in [-0.3, -0.25) is 19.3 Å². The van der Waals surface area contributed by atoms with Crippen LogP contribution in [0.15, 0.2) is 34.2 Å². The fraction of sp³-hybridized carbons (Fsp3) is 0.467. The molecular formula is C15H21N5O2. The largest absolute Gasteiger partial charge is 0.328 e. The Hall–Kier alpha value is -2.28. The molecule has 0 radical (unpaired) electrons. The molecule has 7 nitrogen and oxygen atoms in total. The molecule has 1 atom stereocenters. The first-order valence-electron chi connectivity index (χ1n) is 7.23. The van der Waals surface area contributed by atoms with Gasteiger partial charge in [-0.1, -0.05) is 0 Å². The van der Waals surface area contributed by atoms with Crippen molar-refractivity contribution in [3.05, 3.63) is 56.9 Å². The maximum Gasteiger partial charge on any atom is 0.328 e. The first kappa shape index (κ1) is 16.1. The Bertz CT molecular complexity index is 691. The molecule has 0 saturated carbocycles. The Balaban J connectivity index is 1.97. The summed E-state index contributed by atoms with van der Waals surface area (Å²) in [4.78, 5) is 36.7. The molecule has 0 spiro atoms. The van der Waals surface area contributed by atoms with Crippen LogP contribution < -0.4 is 11.2 Å². The Kier molecular flexibility index (Phi) is 5.21. The summed E-state index contributed by atoms with van der Waals surface area (Å²) in [6, 6.07) is 1.67. The van der Waals surface area contributed by atoms with Crippen LogP contribution in [-0.2, 0) is 13.0 Å². The molecule has 1 N–H and O–H groups in total. The summed E-state index contributed by atoms with van der Waals surface area (Å²) < 4.78 is 1.22. The van der Waals surface area contributed by atoms with Gasteiger partial charge < -0.3 is 9.88 Å². The Morgan fingerprint density at radius 1 is 1.36 bits per heavy atom. The van der Waals surface area contributed by atoms with Gasteiger partial charge in [0.1, 0.15) is 0 Å². The molecule has 0 aliphatic carbocycles. The number of hydrogen-bond donors (Lipinski definition) is 1. The molecule has 0 aromatic carbocycles. The number of nitrogens with one attached hydrogen (secondary N) is 1. The average molecular weight is 303 g/mol. The number of likely N-dealkylation sites (N-methyl/N-ethyl adjacent to an activating group) is 1. The predicted octanol–water partition coefficient (Wildman–Crippen LogP) is 0.198. The number of hydrogen-bond acceptors (Lipinski definition) is 5. The van der Waals surface area contributed by atoms with Gasteiger partial charge in [0.15, 0.2) is 0 Å². The van der Waals surface area contributed by atoms with E-state index in [1.165, 1.54) is 10.6 Å². The van der Waals surface area contributed by atoms with Crippen LogP contribution in [0.1, 0.15) is 18.3 Å². The molecular weight excluding hydrogens is 282 g/mol. The van der Waals surface area contributed by atoms with Crippen LogP contribution >= 0.6 is 0 Å². The SMILES string of the molecule is Cc1cc(=O)n(CCN(C)[C@H](C)Cc2cnccn2)c(=O)[nH]1. The monoisotopic (exact) mass is 303 g/mol. The second kappa shape index (κ2) is 7.13. The van der Waals surface area contributed by atoms with E-state index in [-0.39, 0.29) is 17.3 Å². The van der Waals surface area contributed by atoms with Crippen molar-refractivity contribution in [2.24, 2.45) is 0 Å². The number of nitrogens with zero attached hydrogens (tertiary/aromatic N) is 4. The number of rotatable bonds is 6. The maximum atomic E-state index is 11.8. The van der Waals surface area contributed by atoms with Gasteiger partial charge in [0, 0.05) is 55.9 Å². The zero-order valence-corrected chi connectivity index (χ0v) is 13.1. The maximum absolute atomic E-state index is 11.8. The van der Waals surface area contributed by atoms with Gasteiger partial charge in [0.2, 0.25) is 0 Å². The summed E-state index contributed by atoms with van der Waals surface area (Å²) >= 11 is 0. The van der Waals surface area contributed by atoms with Crippen molar-refractivity contribution in [2.45, 2.75) is 32.9 Å². The van der Waals surface area contributed by atoms with Crippen molar-refractivity contribution in [2.75, 3.05) is 13.6 Å². The number of aromatic nitrogens is 4. The van der Waals surface area contributed by atoms with Crippen molar-refractivity contribution < 1.29 is 0 Å². The Labute approximate surface area is 128 Å². The van der Waals surface area contributed by atoms with Gasteiger partial charge in [-0.2, -0.15) is 0 Å². The van der Waals surface area contributed by atoms with Crippen molar-refractivity contribution in [3.63, 3.8) is 0 Å². The lowest BCUT2D eigenvalue weighted by Crippen LogP contribution is -2.40. The number of aromatic amines is 1. The minimum Gasteiger partial charge on any atom is -0.311 e. The summed E-state index contributed by atoms with van der Waals surface area (Å²) in [7, 11) is 1.97. The van der Waals surface area contributed by atoms with Gasteiger partial charge in [0.05, 0.1) is 5.69 Å². The van der Waals surface area contributed by atoms with Crippen molar-refractivity contribution in [1.82, 2.24) is 24.4 Å². The molecule has 118 valence electrons. The molecule has 7 heteroatoms. The van der Waals surface area contributed by atoms with Gasteiger partial charge >= 0.3 is 5.69 Å². The van der Waals surface area contributed by atoms with Crippen molar-refractivity contribution in [1.29, 1.82) is 0 Å². The topological polar surface area (TPSA) is 83.9 Å². The van der Waals surface area contributed by atoms with E-state index in [1.54, 1.807) is 25.5 Å². The van der Waals surface area contributed by atoms with E-state index < -0.39 is 0 Å². The lowest BCUT2D eigenvalue weighted by Gasteiger charge is -2.24. The first-order valence-corrected chi connectivity index (χ1v) is 7.23. The standard InChI is InChI=1S/C15H21N5O2/c1-11-8-14(21)20(15(22)18-11)7-6-19(3)12(2)9-13-10-16-4-5-17-13/h4-5,8,10,12H,6-7,9H2,1-3H3,(H,18,22)/t12-/m1/s1. The first-order chi connectivity index (χ1) is 10.5. The fourth-order valence-electron chi connectivity index (χ4n) is 2.22. The van der Waals surface area contributed by atoms with Gasteiger partial charge in [-0.05, 0) is 20.9 Å². The summed E-state index contributed by atoms with van der Waals surface area (Å²) in [6.45, 7) is 4.74. The lowest BCUT2D eigenvalue weighted by molar-refractivity contribution is 0.242. The predicted molar refractivity (Wildman–Crippen MR) is 83.9 cm³/mol.